The van der Waals surface area contributed by atoms with Crippen LogP contribution in [-0.4, -0.2) is 30.1 Å². The highest BCUT2D eigenvalue weighted by molar-refractivity contribution is 4.92. The van der Waals surface area contributed by atoms with Crippen molar-refractivity contribution in [3.63, 3.8) is 0 Å². The highest BCUT2D eigenvalue weighted by Crippen LogP contribution is 2.32. The van der Waals surface area contributed by atoms with Crippen molar-refractivity contribution in [3.8, 4) is 0 Å². The summed E-state index contributed by atoms with van der Waals surface area (Å²) in [7, 11) is 2.31. The second-order valence-corrected chi connectivity index (χ2v) is 6.60. The molecule has 1 aliphatic carbocycles. The van der Waals surface area contributed by atoms with Crippen molar-refractivity contribution in [2.24, 2.45) is 11.7 Å². The first-order chi connectivity index (χ1) is 8.55. The zero-order chi connectivity index (χ0) is 13.6. The maximum atomic E-state index is 6.10. The van der Waals surface area contributed by atoms with Crippen LogP contribution in [0.1, 0.15) is 72.1 Å². The van der Waals surface area contributed by atoms with Crippen LogP contribution in [0.25, 0.3) is 0 Å². The van der Waals surface area contributed by atoms with Gasteiger partial charge in [0, 0.05) is 18.1 Å². The number of nitrogens with zero attached hydrogens (tertiary/aromatic N) is 1. The van der Waals surface area contributed by atoms with E-state index in [2.05, 4.69) is 32.7 Å². The minimum atomic E-state index is 0.200. The maximum Gasteiger partial charge on any atom is 0.0303 e. The second-order valence-electron chi connectivity index (χ2n) is 6.60. The second kappa shape index (κ2) is 7.49. The van der Waals surface area contributed by atoms with E-state index >= 15 is 0 Å². The molecule has 1 saturated carbocycles. The van der Waals surface area contributed by atoms with Gasteiger partial charge in [0.2, 0.25) is 0 Å². The van der Waals surface area contributed by atoms with Crippen molar-refractivity contribution in [1.82, 2.24) is 4.90 Å². The zero-order valence-electron chi connectivity index (χ0n) is 13.0. The van der Waals surface area contributed by atoms with Crippen LogP contribution in [0.5, 0.6) is 0 Å². The number of rotatable bonds is 7. The van der Waals surface area contributed by atoms with Gasteiger partial charge in [0.15, 0.2) is 0 Å². The molecule has 0 amide bonds. The van der Waals surface area contributed by atoms with Gasteiger partial charge in [-0.2, -0.15) is 0 Å². The van der Waals surface area contributed by atoms with Gasteiger partial charge in [-0.15, -0.1) is 0 Å². The molecule has 18 heavy (non-hydrogen) atoms. The Hall–Kier alpha value is -0.0800. The molecule has 0 aromatic heterocycles. The van der Waals surface area contributed by atoms with E-state index in [4.69, 9.17) is 5.73 Å². The first kappa shape index (κ1) is 16.0. The van der Waals surface area contributed by atoms with Crippen LogP contribution in [0, 0.1) is 5.92 Å². The first-order valence-electron chi connectivity index (χ1n) is 7.98. The molecule has 0 aliphatic heterocycles. The van der Waals surface area contributed by atoms with E-state index in [1.54, 1.807) is 0 Å². The molecule has 3 atom stereocenters. The Kier molecular flexibility index (Phi) is 6.65. The third-order valence-corrected chi connectivity index (χ3v) is 5.17. The predicted octanol–water partition coefficient (Wildman–Crippen LogP) is 3.79. The van der Waals surface area contributed by atoms with E-state index in [-0.39, 0.29) is 5.54 Å². The molecule has 2 heteroatoms. The number of hydrogen-bond donors (Lipinski definition) is 1. The highest BCUT2D eigenvalue weighted by Gasteiger charge is 2.35. The van der Waals surface area contributed by atoms with Gasteiger partial charge in [0.1, 0.15) is 0 Å². The fourth-order valence-electron chi connectivity index (χ4n) is 3.45. The van der Waals surface area contributed by atoms with Gasteiger partial charge < -0.3 is 5.73 Å². The smallest absolute Gasteiger partial charge is 0.0303 e. The van der Waals surface area contributed by atoms with E-state index in [1.165, 1.54) is 51.4 Å². The molecule has 1 aliphatic rings. The monoisotopic (exact) mass is 254 g/mol. The van der Waals surface area contributed by atoms with Crippen LogP contribution >= 0.6 is 0 Å². The van der Waals surface area contributed by atoms with Gasteiger partial charge in [-0.25, -0.2) is 0 Å². The molecule has 0 heterocycles. The molecule has 108 valence electrons. The summed E-state index contributed by atoms with van der Waals surface area (Å²) in [5.41, 5.74) is 6.30. The van der Waals surface area contributed by atoms with Crippen molar-refractivity contribution in [2.45, 2.75) is 83.7 Å². The van der Waals surface area contributed by atoms with Crippen molar-refractivity contribution in [3.05, 3.63) is 0 Å². The summed E-state index contributed by atoms with van der Waals surface area (Å²) in [6.07, 6.45) is 10.8. The average Bonchev–Trinajstić information content (AvgIpc) is 2.38. The lowest BCUT2D eigenvalue weighted by atomic mass is 9.81. The van der Waals surface area contributed by atoms with Crippen LogP contribution in [0.3, 0.4) is 0 Å². The molecule has 0 saturated heterocycles. The van der Waals surface area contributed by atoms with E-state index in [9.17, 15) is 0 Å². The van der Waals surface area contributed by atoms with Crippen molar-refractivity contribution < 1.29 is 0 Å². The lowest BCUT2D eigenvalue weighted by Gasteiger charge is -2.47. The largest absolute Gasteiger partial charge is 0.329 e. The van der Waals surface area contributed by atoms with E-state index in [0.29, 0.717) is 0 Å². The SMILES string of the molecule is CCCCCC(C)(CN)N(C)C1CCCCC1C. The Labute approximate surface area is 114 Å². The molecule has 0 bridgehead atoms. The predicted molar refractivity (Wildman–Crippen MR) is 80.8 cm³/mol. The standard InChI is InChI=1S/C16H34N2/c1-5-6-9-12-16(3,13-17)18(4)15-11-8-7-10-14(15)2/h14-15H,5-13,17H2,1-4H3. The molecule has 0 radical (unpaired) electrons. The van der Waals surface area contributed by atoms with Gasteiger partial charge in [0.05, 0.1) is 0 Å². The number of unbranched alkanes of at least 4 members (excludes halogenated alkanes) is 2. The Balaban J connectivity index is 2.60. The maximum absolute atomic E-state index is 6.10. The Bertz CT molecular complexity index is 229. The minimum absolute atomic E-state index is 0.200. The number of nitrogens with two attached hydrogens (primary N) is 1. The molecule has 0 spiro atoms. The van der Waals surface area contributed by atoms with Crippen LogP contribution in [0.2, 0.25) is 0 Å². The fourth-order valence-corrected chi connectivity index (χ4v) is 3.45. The molecular weight excluding hydrogens is 220 g/mol. The van der Waals surface area contributed by atoms with E-state index in [1.807, 2.05) is 0 Å². The molecule has 2 N–H and O–H groups in total. The van der Waals surface area contributed by atoms with Gasteiger partial charge in [-0.3, -0.25) is 4.90 Å². The summed E-state index contributed by atoms with van der Waals surface area (Å²) in [4.78, 5) is 2.62. The summed E-state index contributed by atoms with van der Waals surface area (Å²) in [6.45, 7) is 7.84. The van der Waals surface area contributed by atoms with Crippen molar-refractivity contribution in [2.75, 3.05) is 13.6 Å². The van der Waals surface area contributed by atoms with Crippen LogP contribution in [0.15, 0.2) is 0 Å². The third-order valence-electron chi connectivity index (χ3n) is 5.17. The molecule has 3 unspecified atom stereocenters. The summed E-state index contributed by atoms with van der Waals surface area (Å²) in [5.74, 6) is 0.834. The van der Waals surface area contributed by atoms with E-state index in [0.717, 1.165) is 18.5 Å². The first-order valence-corrected chi connectivity index (χ1v) is 7.98. The molecule has 1 rings (SSSR count). The minimum Gasteiger partial charge on any atom is -0.329 e. The lowest BCUT2D eigenvalue weighted by Crippen LogP contribution is -2.56. The Morgan fingerprint density at radius 2 is 1.89 bits per heavy atom. The summed E-state index contributed by atoms with van der Waals surface area (Å²) < 4.78 is 0. The van der Waals surface area contributed by atoms with Gasteiger partial charge in [-0.05, 0) is 39.2 Å². The quantitative estimate of drug-likeness (QED) is 0.700. The van der Waals surface area contributed by atoms with Crippen molar-refractivity contribution >= 4 is 0 Å². The molecule has 0 aromatic rings. The molecule has 2 nitrogen and oxygen atoms in total. The van der Waals surface area contributed by atoms with Gasteiger partial charge in [-0.1, -0.05) is 46.0 Å². The highest BCUT2D eigenvalue weighted by atomic mass is 15.2. The van der Waals surface area contributed by atoms with Crippen LogP contribution < -0.4 is 5.73 Å². The third kappa shape index (κ3) is 3.96. The van der Waals surface area contributed by atoms with Crippen LogP contribution in [-0.2, 0) is 0 Å². The van der Waals surface area contributed by atoms with Crippen LogP contribution in [0.4, 0.5) is 0 Å². The Morgan fingerprint density at radius 3 is 2.44 bits per heavy atom. The lowest BCUT2D eigenvalue weighted by molar-refractivity contribution is 0.0353. The number of likely N-dealkylation sites (N-methyl/N-ethyl adjacent to an activating group) is 1. The zero-order valence-corrected chi connectivity index (χ0v) is 13.0. The topological polar surface area (TPSA) is 29.3 Å². The Morgan fingerprint density at radius 1 is 1.22 bits per heavy atom. The van der Waals surface area contributed by atoms with E-state index < -0.39 is 0 Å². The van der Waals surface area contributed by atoms with Gasteiger partial charge >= 0.3 is 0 Å². The number of hydrogen-bond acceptors (Lipinski definition) is 2. The summed E-state index contributed by atoms with van der Waals surface area (Å²) >= 11 is 0. The summed E-state index contributed by atoms with van der Waals surface area (Å²) in [6, 6.07) is 0.744. The normalized spacial score (nSPS) is 28.3. The molecule has 1 fully saturated rings. The van der Waals surface area contributed by atoms with Crippen molar-refractivity contribution in [1.29, 1.82) is 0 Å². The summed E-state index contributed by atoms with van der Waals surface area (Å²) in [5, 5.41) is 0. The molecular formula is C16H34N2. The van der Waals surface area contributed by atoms with Gasteiger partial charge in [0.25, 0.3) is 0 Å². The molecule has 0 aromatic carbocycles. The average molecular weight is 254 g/mol. The fraction of sp³-hybridized carbons (Fsp3) is 1.00.